The van der Waals surface area contributed by atoms with E-state index in [-0.39, 0.29) is 12.1 Å². The molecule has 0 saturated carbocycles. The van der Waals surface area contributed by atoms with Gasteiger partial charge in [-0.15, -0.1) is 0 Å². The van der Waals surface area contributed by atoms with Gasteiger partial charge in [0.2, 0.25) is 0 Å². The van der Waals surface area contributed by atoms with Gasteiger partial charge in [0.25, 0.3) is 0 Å². The number of esters is 1. The molecule has 100 valence electrons. The van der Waals surface area contributed by atoms with E-state index in [1.807, 2.05) is 26.8 Å². The molecule has 0 amide bonds. The van der Waals surface area contributed by atoms with Crippen molar-refractivity contribution in [2.24, 2.45) is 0 Å². The number of benzene rings is 1. The number of anilines is 1. The maximum atomic E-state index is 12.0. The Morgan fingerprint density at radius 3 is 2.61 bits per heavy atom. The van der Waals surface area contributed by atoms with E-state index in [0.717, 1.165) is 11.1 Å². The topological polar surface area (TPSA) is 61.5 Å². The Balaban J connectivity index is 2.75. The fraction of sp³-hybridized carbons (Fsp3) is 0.500. The van der Waals surface area contributed by atoms with E-state index in [1.165, 1.54) is 0 Å². The largest absolute Gasteiger partial charge is 0.459 e. The van der Waals surface area contributed by atoms with Crippen LogP contribution in [0.25, 0.3) is 0 Å². The quantitative estimate of drug-likeness (QED) is 0.645. The second-order valence-electron chi connectivity index (χ2n) is 4.52. The molecule has 4 heteroatoms. The predicted molar refractivity (Wildman–Crippen MR) is 71.7 cm³/mol. The molecule has 0 bridgehead atoms. The monoisotopic (exact) mass is 251 g/mol. The molecular weight excluding hydrogens is 230 g/mol. The van der Waals surface area contributed by atoms with Crippen LogP contribution in [0.2, 0.25) is 0 Å². The molecule has 1 unspecified atom stereocenters. The first kappa shape index (κ1) is 14.5. The highest BCUT2D eigenvalue weighted by Crippen LogP contribution is 2.19. The van der Waals surface area contributed by atoms with Crippen LogP contribution < -0.4 is 5.73 Å². The molecule has 0 aliphatic carbocycles. The van der Waals surface area contributed by atoms with Gasteiger partial charge >= 0.3 is 5.97 Å². The molecule has 4 nitrogen and oxygen atoms in total. The lowest BCUT2D eigenvalue weighted by molar-refractivity contribution is 0.0266. The van der Waals surface area contributed by atoms with Crippen molar-refractivity contribution in [2.45, 2.75) is 33.3 Å². The molecule has 0 spiro atoms. The molecule has 1 rings (SSSR count). The van der Waals surface area contributed by atoms with Crippen LogP contribution in [0.15, 0.2) is 12.1 Å². The first-order chi connectivity index (χ1) is 8.45. The molecule has 2 N–H and O–H groups in total. The summed E-state index contributed by atoms with van der Waals surface area (Å²) in [6.07, 6.45) is 0.516. The Morgan fingerprint density at radius 1 is 1.33 bits per heavy atom. The SMILES string of the molecule is COCCC(C)OC(=O)c1cc(N)c(C)cc1C. The third-order valence-electron chi connectivity index (χ3n) is 2.87. The molecule has 0 aliphatic heterocycles. The van der Waals surface area contributed by atoms with Gasteiger partial charge in [-0.1, -0.05) is 6.07 Å². The van der Waals surface area contributed by atoms with Gasteiger partial charge in [0.05, 0.1) is 5.56 Å². The highest BCUT2D eigenvalue weighted by molar-refractivity contribution is 5.92. The first-order valence-electron chi connectivity index (χ1n) is 6.02. The van der Waals surface area contributed by atoms with Gasteiger partial charge in [-0.3, -0.25) is 0 Å². The van der Waals surface area contributed by atoms with Crippen molar-refractivity contribution in [3.05, 3.63) is 28.8 Å². The Morgan fingerprint density at radius 2 is 2.00 bits per heavy atom. The predicted octanol–water partition coefficient (Wildman–Crippen LogP) is 2.47. The molecule has 0 saturated heterocycles. The van der Waals surface area contributed by atoms with Gasteiger partial charge in [-0.05, 0) is 38.0 Å². The summed E-state index contributed by atoms with van der Waals surface area (Å²) in [5.74, 6) is -0.331. The average Bonchev–Trinajstić information content (AvgIpc) is 2.31. The zero-order valence-corrected chi connectivity index (χ0v) is 11.4. The second-order valence-corrected chi connectivity index (χ2v) is 4.52. The molecule has 0 aromatic heterocycles. The van der Waals surface area contributed by atoms with Gasteiger partial charge in [-0.25, -0.2) is 4.79 Å². The molecular formula is C14H21NO3. The molecule has 0 radical (unpaired) electrons. The molecule has 0 aliphatic rings. The van der Waals surface area contributed by atoms with E-state index in [4.69, 9.17) is 15.2 Å². The third kappa shape index (κ3) is 3.74. The van der Waals surface area contributed by atoms with E-state index in [9.17, 15) is 4.79 Å². The van der Waals surface area contributed by atoms with Crippen LogP contribution in [-0.2, 0) is 9.47 Å². The van der Waals surface area contributed by atoms with Crippen molar-refractivity contribution in [1.82, 2.24) is 0 Å². The molecule has 0 heterocycles. The summed E-state index contributed by atoms with van der Waals surface area (Å²) in [7, 11) is 1.62. The number of methoxy groups -OCH3 is 1. The Bertz CT molecular complexity index is 429. The maximum Gasteiger partial charge on any atom is 0.338 e. The van der Waals surface area contributed by atoms with Crippen molar-refractivity contribution < 1.29 is 14.3 Å². The zero-order chi connectivity index (χ0) is 13.7. The number of rotatable bonds is 5. The number of hydrogen-bond acceptors (Lipinski definition) is 4. The zero-order valence-electron chi connectivity index (χ0n) is 11.4. The average molecular weight is 251 g/mol. The van der Waals surface area contributed by atoms with Gasteiger partial charge in [0, 0.05) is 25.8 Å². The summed E-state index contributed by atoms with van der Waals surface area (Å²) in [6, 6.07) is 3.57. The number of nitrogens with two attached hydrogens (primary N) is 1. The second kappa shape index (κ2) is 6.40. The lowest BCUT2D eigenvalue weighted by Gasteiger charge is -2.14. The van der Waals surface area contributed by atoms with Crippen LogP contribution in [0, 0.1) is 13.8 Å². The van der Waals surface area contributed by atoms with Crippen molar-refractivity contribution in [1.29, 1.82) is 0 Å². The molecule has 1 aromatic carbocycles. The number of nitrogen functional groups attached to an aromatic ring is 1. The number of carbonyl (C=O) groups is 1. The number of carbonyl (C=O) groups excluding carboxylic acids is 1. The van der Waals surface area contributed by atoms with E-state index >= 15 is 0 Å². The minimum Gasteiger partial charge on any atom is -0.459 e. The fourth-order valence-electron chi connectivity index (χ4n) is 1.68. The molecule has 18 heavy (non-hydrogen) atoms. The highest BCUT2D eigenvalue weighted by atomic mass is 16.5. The van der Waals surface area contributed by atoms with Crippen LogP contribution >= 0.6 is 0 Å². The fourth-order valence-corrected chi connectivity index (χ4v) is 1.68. The van der Waals surface area contributed by atoms with Crippen LogP contribution in [0.5, 0.6) is 0 Å². The van der Waals surface area contributed by atoms with Crippen molar-refractivity contribution in [3.8, 4) is 0 Å². The maximum absolute atomic E-state index is 12.0. The van der Waals surface area contributed by atoms with Gasteiger partial charge in [0.1, 0.15) is 6.10 Å². The minimum atomic E-state index is -0.331. The Kier molecular flexibility index (Phi) is 5.16. The summed E-state index contributed by atoms with van der Waals surface area (Å²) in [4.78, 5) is 12.0. The van der Waals surface area contributed by atoms with Crippen molar-refractivity contribution in [3.63, 3.8) is 0 Å². The van der Waals surface area contributed by atoms with Gasteiger partial charge in [0.15, 0.2) is 0 Å². The van der Waals surface area contributed by atoms with Crippen LogP contribution in [-0.4, -0.2) is 25.8 Å². The summed E-state index contributed by atoms with van der Waals surface area (Å²) in [6.45, 7) is 6.22. The normalized spacial score (nSPS) is 12.2. The summed E-state index contributed by atoms with van der Waals surface area (Å²) < 4.78 is 10.3. The van der Waals surface area contributed by atoms with Crippen molar-refractivity contribution in [2.75, 3.05) is 19.5 Å². The number of hydrogen-bond donors (Lipinski definition) is 1. The van der Waals surface area contributed by atoms with Crippen LogP contribution in [0.4, 0.5) is 5.69 Å². The third-order valence-corrected chi connectivity index (χ3v) is 2.87. The molecule has 0 fully saturated rings. The Hall–Kier alpha value is -1.55. The first-order valence-corrected chi connectivity index (χ1v) is 6.02. The lowest BCUT2D eigenvalue weighted by Crippen LogP contribution is -2.17. The van der Waals surface area contributed by atoms with Crippen LogP contribution in [0.3, 0.4) is 0 Å². The number of aryl methyl sites for hydroxylation is 2. The molecule has 1 aromatic rings. The highest BCUT2D eigenvalue weighted by Gasteiger charge is 2.15. The summed E-state index contributed by atoms with van der Waals surface area (Å²) >= 11 is 0. The minimum absolute atomic E-state index is 0.167. The standard InChI is InChI=1S/C14H21NO3/c1-9-7-10(2)13(15)8-12(9)14(16)18-11(3)5-6-17-4/h7-8,11H,5-6,15H2,1-4H3. The van der Waals surface area contributed by atoms with E-state index < -0.39 is 0 Å². The smallest absolute Gasteiger partial charge is 0.338 e. The van der Waals surface area contributed by atoms with Gasteiger partial charge < -0.3 is 15.2 Å². The van der Waals surface area contributed by atoms with Crippen molar-refractivity contribution >= 4 is 11.7 Å². The lowest BCUT2D eigenvalue weighted by atomic mass is 10.0. The Labute approximate surface area is 108 Å². The van der Waals surface area contributed by atoms with E-state index in [0.29, 0.717) is 24.3 Å². The van der Waals surface area contributed by atoms with E-state index in [1.54, 1.807) is 13.2 Å². The van der Waals surface area contributed by atoms with E-state index in [2.05, 4.69) is 0 Å². The molecule has 1 atom stereocenters. The summed E-state index contributed by atoms with van der Waals surface area (Å²) in [5.41, 5.74) is 8.80. The number of ether oxygens (including phenoxy) is 2. The van der Waals surface area contributed by atoms with Gasteiger partial charge in [-0.2, -0.15) is 0 Å². The summed E-state index contributed by atoms with van der Waals surface area (Å²) in [5, 5.41) is 0. The van der Waals surface area contributed by atoms with Crippen LogP contribution in [0.1, 0.15) is 34.8 Å².